The minimum atomic E-state index is -3.60. The fraction of sp³-hybridized carbons (Fsp3) is 0.316. The normalized spacial score (nSPS) is 14.1. The Bertz CT molecular complexity index is 879. The molecule has 1 heterocycles. The van der Waals surface area contributed by atoms with E-state index >= 15 is 0 Å². The van der Waals surface area contributed by atoms with Crippen LogP contribution in [0.5, 0.6) is 0 Å². The van der Waals surface area contributed by atoms with Gasteiger partial charge in [0.2, 0.25) is 10.0 Å². The van der Waals surface area contributed by atoms with Gasteiger partial charge in [-0.2, -0.15) is 0 Å². The van der Waals surface area contributed by atoms with Gasteiger partial charge in [0.25, 0.3) is 5.91 Å². The third kappa shape index (κ3) is 3.95. The van der Waals surface area contributed by atoms with E-state index in [0.29, 0.717) is 18.7 Å². The van der Waals surface area contributed by atoms with Crippen molar-refractivity contribution in [3.05, 3.63) is 59.7 Å². The molecule has 6 nitrogen and oxygen atoms in total. The number of rotatable bonds is 6. The number of methoxy groups -OCH3 is 1. The summed E-state index contributed by atoms with van der Waals surface area (Å²) in [6, 6.07) is 13.9. The summed E-state index contributed by atoms with van der Waals surface area (Å²) in [7, 11) is -2.10. The summed E-state index contributed by atoms with van der Waals surface area (Å²) >= 11 is 0. The summed E-state index contributed by atoms with van der Waals surface area (Å²) < 4.78 is 31.7. The van der Waals surface area contributed by atoms with Crippen LogP contribution in [-0.4, -0.2) is 41.1 Å². The molecule has 0 radical (unpaired) electrons. The van der Waals surface area contributed by atoms with Crippen molar-refractivity contribution < 1.29 is 17.9 Å². The van der Waals surface area contributed by atoms with Gasteiger partial charge in [-0.05, 0) is 48.7 Å². The molecule has 1 amide bonds. The summed E-state index contributed by atoms with van der Waals surface area (Å²) in [4.78, 5) is 14.8. The molecule has 0 spiro atoms. The standard InChI is InChI=1S/C19H22N2O4S/c1-25-14-12-20-26(23,24)17-10-8-16(9-11-17)19(22)21-13-4-6-15-5-2-3-7-18(15)21/h2-3,5,7-11,20H,4,6,12-14H2,1H3. The molecular weight excluding hydrogens is 352 g/mol. The summed E-state index contributed by atoms with van der Waals surface area (Å²) in [6.07, 6.45) is 1.88. The van der Waals surface area contributed by atoms with E-state index in [4.69, 9.17) is 4.74 Å². The highest BCUT2D eigenvalue weighted by molar-refractivity contribution is 7.89. The van der Waals surface area contributed by atoms with Gasteiger partial charge in [0, 0.05) is 31.5 Å². The SMILES string of the molecule is COCCNS(=O)(=O)c1ccc(C(=O)N2CCCc3ccccc32)cc1. The Balaban J connectivity index is 1.78. The highest BCUT2D eigenvalue weighted by Gasteiger charge is 2.23. The Morgan fingerprint density at radius 3 is 2.62 bits per heavy atom. The molecule has 0 atom stereocenters. The van der Waals surface area contributed by atoms with Gasteiger partial charge < -0.3 is 9.64 Å². The van der Waals surface area contributed by atoms with Gasteiger partial charge in [-0.1, -0.05) is 18.2 Å². The largest absolute Gasteiger partial charge is 0.383 e. The van der Waals surface area contributed by atoms with Crippen molar-refractivity contribution in [2.45, 2.75) is 17.7 Å². The Labute approximate surface area is 153 Å². The lowest BCUT2D eigenvalue weighted by Crippen LogP contribution is -2.35. The number of fused-ring (bicyclic) bond motifs is 1. The minimum Gasteiger partial charge on any atom is -0.383 e. The number of sulfonamides is 1. The number of carbonyl (C=O) groups excluding carboxylic acids is 1. The first kappa shape index (κ1) is 18.6. The number of hydrogen-bond donors (Lipinski definition) is 1. The first-order valence-corrected chi connectivity index (χ1v) is 10.00. The van der Waals surface area contributed by atoms with Crippen molar-refractivity contribution in [1.29, 1.82) is 0 Å². The number of ether oxygens (including phenoxy) is 1. The fourth-order valence-corrected chi connectivity index (χ4v) is 4.05. The highest BCUT2D eigenvalue weighted by atomic mass is 32.2. The van der Waals surface area contributed by atoms with Crippen LogP contribution in [0.3, 0.4) is 0 Å². The van der Waals surface area contributed by atoms with Crippen LogP contribution < -0.4 is 9.62 Å². The lowest BCUT2D eigenvalue weighted by atomic mass is 10.0. The van der Waals surface area contributed by atoms with Crippen molar-refractivity contribution in [1.82, 2.24) is 4.72 Å². The Kier molecular flexibility index (Phi) is 5.70. The van der Waals surface area contributed by atoms with Gasteiger partial charge in [0.15, 0.2) is 0 Å². The van der Waals surface area contributed by atoms with Gasteiger partial charge in [-0.15, -0.1) is 0 Å². The molecule has 2 aromatic carbocycles. The lowest BCUT2D eigenvalue weighted by molar-refractivity contribution is 0.0985. The summed E-state index contributed by atoms with van der Waals surface area (Å²) in [5.41, 5.74) is 2.56. The maximum Gasteiger partial charge on any atom is 0.258 e. The van der Waals surface area contributed by atoms with Crippen LogP contribution in [0.15, 0.2) is 53.4 Å². The zero-order valence-corrected chi connectivity index (χ0v) is 15.5. The Hall–Kier alpha value is -2.22. The van der Waals surface area contributed by atoms with Gasteiger partial charge >= 0.3 is 0 Å². The smallest absolute Gasteiger partial charge is 0.258 e. The summed E-state index contributed by atoms with van der Waals surface area (Å²) in [5, 5.41) is 0. The molecule has 0 saturated heterocycles. The Morgan fingerprint density at radius 2 is 1.88 bits per heavy atom. The molecule has 0 saturated carbocycles. The second kappa shape index (κ2) is 7.99. The van der Waals surface area contributed by atoms with E-state index in [1.807, 2.05) is 24.3 Å². The highest BCUT2D eigenvalue weighted by Crippen LogP contribution is 2.28. The van der Waals surface area contributed by atoms with Crippen LogP contribution in [0.4, 0.5) is 5.69 Å². The number of nitrogens with zero attached hydrogens (tertiary/aromatic N) is 1. The van der Waals surface area contributed by atoms with E-state index in [2.05, 4.69) is 4.72 Å². The average molecular weight is 374 g/mol. The van der Waals surface area contributed by atoms with Crippen molar-refractivity contribution in [3.8, 4) is 0 Å². The molecule has 1 aliphatic heterocycles. The quantitative estimate of drug-likeness (QED) is 0.787. The number of nitrogens with one attached hydrogen (secondary N) is 1. The van der Waals surface area contributed by atoms with E-state index in [-0.39, 0.29) is 17.3 Å². The van der Waals surface area contributed by atoms with Gasteiger partial charge in [-0.25, -0.2) is 13.1 Å². The summed E-state index contributed by atoms with van der Waals surface area (Å²) in [5.74, 6) is -0.117. The molecule has 2 aromatic rings. The average Bonchev–Trinajstić information content (AvgIpc) is 2.67. The van der Waals surface area contributed by atoms with Crippen LogP contribution >= 0.6 is 0 Å². The molecule has 1 N–H and O–H groups in total. The van der Waals surface area contributed by atoms with Crippen molar-refractivity contribution >= 4 is 21.6 Å². The van der Waals surface area contributed by atoms with E-state index in [1.54, 1.807) is 17.0 Å². The van der Waals surface area contributed by atoms with E-state index in [1.165, 1.54) is 19.2 Å². The topological polar surface area (TPSA) is 75.7 Å². The van der Waals surface area contributed by atoms with Crippen LogP contribution in [0.2, 0.25) is 0 Å². The molecular formula is C19H22N2O4S. The molecule has 26 heavy (non-hydrogen) atoms. The predicted molar refractivity (Wildman–Crippen MR) is 99.9 cm³/mol. The van der Waals surface area contributed by atoms with Crippen molar-refractivity contribution in [2.24, 2.45) is 0 Å². The molecule has 1 aliphatic rings. The van der Waals surface area contributed by atoms with Crippen LogP contribution in [-0.2, 0) is 21.2 Å². The molecule has 0 unspecified atom stereocenters. The molecule has 0 aromatic heterocycles. The van der Waals surface area contributed by atoms with E-state index in [9.17, 15) is 13.2 Å². The molecule has 0 aliphatic carbocycles. The second-order valence-corrected chi connectivity index (χ2v) is 7.87. The first-order valence-electron chi connectivity index (χ1n) is 8.51. The minimum absolute atomic E-state index is 0.117. The molecule has 0 fully saturated rings. The molecule has 0 bridgehead atoms. The number of hydrogen-bond acceptors (Lipinski definition) is 4. The monoisotopic (exact) mass is 374 g/mol. The van der Waals surface area contributed by atoms with Crippen molar-refractivity contribution in [3.63, 3.8) is 0 Å². The van der Waals surface area contributed by atoms with Gasteiger partial charge in [0.1, 0.15) is 0 Å². The van der Waals surface area contributed by atoms with Gasteiger partial charge in [-0.3, -0.25) is 4.79 Å². The molecule has 138 valence electrons. The lowest BCUT2D eigenvalue weighted by Gasteiger charge is -2.29. The number of amides is 1. The predicted octanol–water partition coefficient (Wildman–Crippen LogP) is 2.20. The third-order valence-electron chi connectivity index (χ3n) is 4.37. The zero-order valence-electron chi connectivity index (χ0n) is 14.6. The number of para-hydroxylation sites is 1. The van der Waals surface area contributed by atoms with E-state index < -0.39 is 10.0 Å². The zero-order chi connectivity index (χ0) is 18.6. The van der Waals surface area contributed by atoms with E-state index in [0.717, 1.165) is 24.1 Å². The number of anilines is 1. The number of carbonyl (C=O) groups is 1. The fourth-order valence-electron chi connectivity index (χ4n) is 3.04. The second-order valence-electron chi connectivity index (χ2n) is 6.10. The van der Waals surface area contributed by atoms with Gasteiger partial charge in [0.05, 0.1) is 11.5 Å². The molecule has 7 heteroatoms. The Morgan fingerprint density at radius 1 is 1.15 bits per heavy atom. The number of aryl methyl sites for hydroxylation is 1. The van der Waals surface area contributed by atoms with Crippen LogP contribution in [0, 0.1) is 0 Å². The third-order valence-corrected chi connectivity index (χ3v) is 5.84. The summed E-state index contributed by atoms with van der Waals surface area (Å²) in [6.45, 7) is 1.16. The van der Waals surface area contributed by atoms with Crippen LogP contribution in [0.1, 0.15) is 22.3 Å². The maximum atomic E-state index is 12.9. The molecule has 3 rings (SSSR count). The number of benzene rings is 2. The van der Waals surface area contributed by atoms with Crippen molar-refractivity contribution in [2.75, 3.05) is 31.7 Å². The van der Waals surface area contributed by atoms with Crippen LogP contribution in [0.25, 0.3) is 0 Å². The first-order chi connectivity index (χ1) is 12.5. The maximum absolute atomic E-state index is 12.9.